The molecule has 3 aromatic carbocycles. The Labute approximate surface area is 287 Å². The van der Waals surface area contributed by atoms with Gasteiger partial charge in [-0.1, -0.05) is 60.7 Å². The molecular formula is C42H38N4O3. The number of carbonyl (C=O) groups is 1. The Hall–Kier alpha value is -5.71. The van der Waals surface area contributed by atoms with Crippen LogP contribution < -0.4 is 9.47 Å². The molecule has 1 atom stereocenters. The summed E-state index contributed by atoms with van der Waals surface area (Å²) >= 11 is 0. The second-order valence-electron chi connectivity index (χ2n) is 12.7. The maximum absolute atomic E-state index is 13.1. The van der Waals surface area contributed by atoms with Gasteiger partial charge in [0.25, 0.3) is 0 Å². The average molecular weight is 647 g/mol. The van der Waals surface area contributed by atoms with Crippen molar-refractivity contribution in [2.45, 2.75) is 20.5 Å². The standard InChI is InChI=1S/C42H38N4O3/c1-29-22-33(23-30(2)42(29)49-40-16-14-36(26-44-40)48-28-32-10-8-31(25-43)9-11-32)12-17-41(47)46-20-18-45(19-21-46)27-39-35-13-15-37(38(39)24-35)34-6-4-3-5-7-34/h3-17,22-24,26,39H,18-21,27-28H2,1-2H3/b17-12+. The molecule has 0 N–H and O–H groups in total. The number of nitriles is 1. The second kappa shape index (κ2) is 14.2. The van der Waals surface area contributed by atoms with Crippen molar-refractivity contribution in [2.24, 2.45) is 5.92 Å². The van der Waals surface area contributed by atoms with Crippen molar-refractivity contribution < 1.29 is 14.3 Å². The zero-order chi connectivity index (χ0) is 33.7. The zero-order valence-corrected chi connectivity index (χ0v) is 27.8. The molecule has 2 bridgehead atoms. The van der Waals surface area contributed by atoms with Gasteiger partial charge in [-0.2, -0.15) is 5.26 Å². The van der Waals surface area contributed by atoms with Crippen LogP contribution in [0, 0.1) is 31.1 Å². The summed E-state index contributed by atoms with van der Waals surface area (Å²) in [6.45, 7) is 8.59. The van der Waals surface area contributed by atoms with Crippen molar-refractivity contribution in [2.75, 3.05) is 32.7 Å². The summed E-state index contributed by atoms with van der Waals surface area (Å²) in [4.78, 5) is 22.0. The van der Waals surface area contributed by atoms with Crippen LogP contribution in [0.1, 0.15) is 33.4 Å². The normalized spacial score (nSPS) is 17.0. The maximum Gasteiger partial charge on any atom is 0.246 e. The molecule has 1 aromatic heterocycles. The number of rotatable bonds is 10. The molecule has 1 fully saturated rings. The van der Waals surface area contributed by atoms with Crippen molar-refractivity contribution >= 4 is 17.6 Å². The highest BCUT2D eigenvalue weighted by atomic mass is 16.5. The van der Waals surface area contributed by atoms with Gasteiger partial charge in [-0.05, 0) is 94.8 Å². The first-order valence-electron chi connectivity index (χ1n) is 16.7. The Morgan fingerprint density at radius 2 is 1.71 bits per heavy atom. The SMILES string of the molecule is Cc1cc(/C=C/C(=O)N2CCN(CC3c4ccc(-c5ccccc5)c3c4)CC2)cc(C)c1Oc1ccc(OCc2ccc(C#N)cc2)cn1. The van der Waals surface area contributed by atoms with E-state index in [0.717, 1.165) is 60.7 Å². The number of aromatic nitrogens is 1. The van der Waals surface area contributed by atoms with Gasteiger partial charge < -0.3 is 14.4 Å². The van der Waals surface area contributed by atoms with Crippen LogP contribution in [0.4, 0.5) is 0 Å². The number of amides is 1. The first kappa shape index (κ1) is 31.9. The van der Waals surface area contributed by atoms with E-state index in [4.69, 9.17) is 14.7 Å². The minimum atomic E-state index is 0.0428. The minimum Gasteiger partial charge on any atom is -0.487 e. The molecule has 4 aromatic rings. The number of allylic oxidation sites excluding steroid dienone is 4. The predicted molar refractivity (Wildman–Crippen MR) is 192 cm³/mol. The number of hydrogen-bond donors (Lipinski definition) is 0. The Morgan fingerprint density at radius 1 is 0.959 bits per heavy atom. The molecule has 1 amide bonds. The highest BCUT2D eigenvalue weighted by Gasteiger charge is 2.34. The Kier molecular flexibility index (Phi) is 9.23. The summed E-state index contributed by atoms with van der Waals surface area (Å²) < 4.78 is 12.0. The molecule has 244 valence electrons. The predicted octanol–water partition coefficient (Wildman–Crippen LogP) is 7.68. The van der Waals surface area contributed by atoms with E-state index in [-0.39, 0.29) is 5.91 Å². The van der Waals surface area contributed by atoms with Gasteiger partial charge in [-0.3, -0.25) is 9.69 Å². The van der Waals surface area contributed by atoms with Gasteiger partial charge in [-0.15, -0.1) is 0 Å². The highest BCUT2D eigenvalue weighted by Crippen LogP contribution is 2.45. The van der Waals surface area contributed by atoms with Crippen LogP contribution in [0.3, 0.4) is 0 Å². The molecule has 0 spiro atoms. The van der Waals surface area contributed by atoms with Gasteiger partial charge in [0.1, 0.15) is 18.1 Å². The summed E-state index contributed by atoms with van der Waals surface area (Å²) in [5.74, 6) is 2.34. The molecule has 7 rings (SSSR count). The molecule has 0 radical (unpaired) electrons. The Balaban J connectivity index is 0.887. The van der Waals surface area contributed by atoms with Crippen LogP contribution in [0.15, 0.2) is 121 Å². The van der Waals surface area contributed by atoms with Crippen molar-refractivity contribution in [3.63, 3.8) is 0 Å². The number of aryl methyl sites for hydroxylation is 2. The molecule has 3 aliphatic rings. The molecule has 49 heavy (non-hydrogen) atoms. The molecule has 1 unspecified atom stereocenters. The fourth-order valence-corrected chi connectivity index (χ4v) is 6.64. The van der Waals surface area contributed by atoms with Gasteiger partial charge in [0, 0.05) is 50.8 Å². The van der Waals surface area contributed by atoms with Crippen molar-refractivity contribution in [1.82, 2.24) is 14.8 Å². The molecule has 1 saturated heterocycles. The van der Waals surface area contributed by atoms with Gasteiger partial charge in [0.05, 0.1) is 17.8 Å². The Morgan fingerprint density at radius 3 is 2.39 bits per heavy atom. The van der Waals surface area contributed by atoms with Crippen LogP contribution in [0.25, 0.3) is 11.6 Å². The quantitative estimate of drug-likeness (QED) is 0.165. The van der Waals surface area contributed by atoms with E-state index >= 15 is 0 Å². The summed E-state index contributed by atoms with van der Waals surface area (Å²) in [6.07, 6.45) is 12.1. The van der Waals surface area contributed by atoms with Gasteiger partial charge in [-0.25, -0.2) is 4.98 Å². The van der Waals surface area contributed by atoms with E-state index < -0.39 is 0 Å². The number of fused-ring (bicyclic) bond motifs is 2. The lowest BCUT2D eigenvalue weighted by Gasteiger charge is -2.41. The van der Waals surface area contributed by atoms with E-state index in [1.165, 1.54) is 22.3 Å². The minimum absolute atomic E-state index is 0.0428. The van der Waals surface area contributed by atoms with E-state index in [1.54, 1.807) is 30.5 Å². The molecule has 2 aliphatic carbocycles. The number of nitrogens with zero attached hydrogens (tertiary/aromatic N) is 4. The molecule has 7 heteroatoms. The smallest absolute Gasteiger partial charge is 0.246 e. The monoisotopic (exact) mass is 646 g/mol. The van der Waals surface area contributed by atoms with E-state index in [9.17, 15) is 4.79 Å². The molecule has 7 nitrogen and oxygen atoms in total. The average Bonchev–Trinajstić information content (AvgIpc) is 3.14. The van der Waals surface area contributed by atoms with E-state index in [2.05, 4.69) is 64.5 Å². The van der Waals surface area contributed by atoms with Gasteiger partial charge >= 0.3 is 0 Å². The summed E-state index contributed by atoms with van der Waals surface area (Å²) in [6, 6.07) is 27.7. The molecule has 1 aliphatic heterocycles. The third kappa shape index (κ3) is 7.25. The largest absolute Gasteiger partial charge is 0.487 e. The first-order chi connectivity index (χ1) is 23.9. The van der Waals surface area contributed by atoms with Crippen molar-refractivity contribution in [3.8, 4) is 23.4 Å². The number of hydrogen-bond acceptors (Lipinski definition) is 6. The lowest BCUT2D eigenvalue weighted by atomic mass is 9.70. The fourth-order valence-electron chi connectivity index (χ4n) is 6.64. The van der Waals surface area contributed by atoms with Crippen LogP contribution >= 0.6 is 0 Å². The highest BCUT2D eigenvalue weighted by molar-refractivity contribution is 5.92. The lowest BCUT2D eigenvalue weighted by Crippen LogP contribution is -2.50. The van der Waals surface area contributed by atoms with E-state index in [1.807, 2.05) is 55.2 Å². The number of carbonyl (C=O) groups excluding carboxylic acids is 1. The molecule has 2 heterocycles. The molecule has 0 saturated carbocycles. The third-order valence-electron chi connectivity index (χ3n) is 9.37. The number of pyridine rings is 1. The van der Waals surface area contributed by atoms with Crippen LogP contribution in [0.5, 0.6) is 17.4 Å². The summed E-state index contributed by atoms with van der Waals surface area (Å²) in [5.41, 5.74) is 9.91. The zero-order valence-electron chi connectivity index (χ0n) is 27.8. The van der Waals surface area contributed by atoms with Crippen LogP contribution in [-0.4, -0.2) is 53.4 Å². The second-order valence-corrected chi connectivity index (χ2v) is 12.7. The lowest BCUT2D eigenvalue weighted by molar-refractivity contribution is -0.127. The summed E-state index contributed by atoms with van der Waals surface area (Å²) in [7, 11) is 0. The first-order valence-corrected chi connectivity index (χ1v) is 16.7. The van der Waals surface area contributed by atoms with Gasteiger partial charge in [0.2, 0.25) is 11.8 Å². The summed E-state index contributed by atoms with van der Waals surface area (Å²) in [5, 5.41) is 8.96. The number of ether oxygens (including phenoxy) is 2. The topological polar surface area (TPSA) is 78.7 Å². The third-order valence-corrected chi connectivity index (χ3v) is 9.37. The van der Waals surface area contributed by atoms with Crippen LogP contribution in [-0.2, 0) is 11.4 Å². The number of piperazine rings is 1. The van der Waals surface area contributed by atoms with E-state index in [0.29, 0.717) is 29.7 Å². The fraction of sp³-hybridized carbons (Fsp3) is 0.214. The maximum atomic E-state index is 13.1. The van der Waals surface area contributed by atoms with Crippen LogP contribution in [0.2, 0.25) is 0 Å². The Bertz CT molecular complexity index is 1990. The van der Waals surface area contributed by atoms with Gasteiger partial charge in [0.15, 0.2) is 0 Å². The van der Waals surface area contributed by atoms with Crippen molar-refractivity contribution in [3.05, 3.63) is 154 Å². The number of benzene rings is 3. The molecular weight excluding hydrogens is 608 g/mol. The van der Waals surface area contributed by atoms with Crippen molar-refractivity contribution in [1.29, 1.82) is 5.26 Å².